The van der Waals surface area contributed by atoms with Gasteiger partial charge in [-0.05, 0) is 53.9 Å². The molecule has 0 bridgehead atoms. The van der Waals surface area contributed by atoms with Crippen LogP contribution in [0.25, 0.3) is 0 Å². The van der Waals surface area contributed by atoms with Crippen LogP contribution < -0.4 is 0 Å². The monoisotopic (exact) mass is 360 g/mol. The number of benzene rings is 1. The van der Waals surface area contributed by atoms with E-state index in [9.17, 15) is 0 Å². The molecule has 0 aliphatic heterocycles. The van der Waals surface area contributed by atoms with E-state index in [4.69, 9.17) is 5.11 Å². The fraction of sp³-hybridized carbons (Fsp3) is 0.652. The Labute approximate surface area is 160 Å². The van der Waals surface area contributed by atoms with E-state index in [0.717, 1.165) is 24.2 Å². The lowest BCUT2D eigenvalue weighted by molar-refractivity contribution is 0.296. The normalized spacial score (nSPS) is 11.2. The highest BCUT2D eigenvalue weighted by atomic mass is 32.2. The predicted octanol–water partition coefficient (Wildman–Crippen LogP) is 6.18. The molecule has 0 amide bonds. The zero-order valence-corrected chi connectivity index (χ0v) is 17.3. The lowest BCUT2D eigenvalue weighted by Crippen LogP contribution is -2.10. The van der Waals surface area contributed by atoms with Gasteiger partial charge in [0.2, 0.25) is 0 Å². The maximum atomic E-state index is 8.71. The summed E-state index contributed by atoms with van der Waals surface area (Å²) in [6.07, 6.45) is 9.82. The second-order valence-electron chi connectivity index (χ2n) is 7.69. The third-order valence-electron chi connectivity index (χ3n) is 4.27. The van der Waals surface area contributed by atoms with Crippen LogP contribution in [0.3, 0.4) is 0 Å². The Morgan fingerprint density at radius 2 is 1.44 bits per heavy atom. The first-order chi connectivity index (χ1) is 12.0. The van der Waals surface area contributed by atoms with Gasteiger partial charge in [-0.15, -0.1) is 0 Å². The van der Waals surface area contributed by atoms with E-state index in [-0.39, 0.29) is 5.41 Å². The largest absolute Gasteiger partial charge is 0.396 e. The summed E-state index contributed by atoms with van der Waals surface area (Å²) in [7, 11) is 0. The summed E-state index contributed by atoms with van der Waals surface area (Å²) in [5.41, 5.74) is 2.71. The molecular formula is C23H36OS. The maximum absolute atomic E-state index is 8.71. The van der Waals surface area contributed by atoms with Crippen LogP contribution in [0.5, 0.6) is 0 Å². The summed E-state index contributed by atoms with van der Waals surface area (Å²) in [6.45, 7) is 7.05. The molecule has 1 rings (SSSR count). The van der Waals surface area contributed by atoms with Crippen LogP contribution in [0.1, 0.15) is 83.3 Å². The molecule has 0 aliphatic carbocycles. The first-order valence-corrected chi connectivity index (χ1v) is 11.0. The second-order valence-corrected chi connectivity index (χ2v) is 8.91. The lowest BCUT2D eigenvalue weighted by Gasteiger charge is -2.18. The quantitative estimate of drug-likeness (QED) is 0.375. The Morgan fingerprint density at radius 1 is 0.840 bits per heavy atom. The fourth-order valence-electron chi connectivity index (χ4n) is 2.61. The summed E-state index contributed by atoms with van der Waals surface area (Å²) in [5.74, 6) is 8.96. The van der Waals surface area contributed by atoms with Crippen molar-refractivity contribution >= 4 is 11.8 Å². The van der Waals surface area contributed by atoms with E-state index in [1.54, 1.807) is 0 Å². The van der Waals surface area contributed by atoms with Crippen LogP contribution in [0.4, 0.5) is 0 Å². The number of thioether (sulfide) groups is 1. The van der Waals surface area contributed by atoms with E-state index >= 15 is 0 Å². The van der Waals surface area contributed by atoms with Gasteiger partial charge in [-0.3, -0.25) is 0 Å². The highest BCUT2D eigenvalue weighted by molar-refractivity contribution is 7.99. The van der Waals surface area contributed by atoms with Crippen LogP contribution >= 0.6 is 11.8 Å². The van der Waals surface area contributed by atoms with Gasteiger partial charge in [0, 0.05) is 18.6 Å². The van der Waals surface area contributed by atoms with Crippen LogP contribution in [-0.4, -0.2) is 23.2 Å². The van der Waals surface area contributed by atoms with Crippen molar-refractivity contribution in [2.24, 2.45) is 0 Å². The average Bonchev–Trinajstić information content (AvgIpc) is 2.58. The summed E-state index contributed by atoms with van der Waals surface area (Å²) in [5, 5.41) is 8.71. The Balaban J connectivity index is 2.02. The number of hydrogen-bond donors (Lipinski definition) is 1. The molecular weight excluding hydrogens is 324 g/mol. The van der Waals surface area contributed by atoms with Crippen molar-refractivity contribution in [3.8, 4) is 11.8 Å². The Kier molecular flexibility index (Phi) is 11.8. The molecule has 0 fully saturated rings. The minimum absolute atomic E-state index is 0.212. The molecule has 25 heavy (non-hydrogen) atoms. The average molecular weight is 361 g/mol. The molecule has 0 unspecified atom stereocenters. The lowest BCUT2D eigenvalue weighted by atomic mass is 9.87. The highest BCUT2D eigenvalue weighted by Gasteiger charge is 2.12. The molecule has 0 aliphatic rings. The van der Waals surface area contributed by atoms with Crippen LogP contribution in [-0.2, 0) is 5.41 Å². The molecule has 0 saturated carbocycles. The molecule has 1 aromatic rings. The van der Waals surface area contributed by atoms with Gasteiger partial charge >= 0.3 is 0 Å². The van der Waals surface area contributed by atoms with Gasteiger partial charge in [0.05, 0.1) is 0 Å². The minimum atomic E-state index is 0.212. The van der Waals surface area contributed by atoms with Gasteiger partial charge in [-0.25, -0.2) is 0 Å². The minimum Gasteiger partial charge on any atom is -0.396 e. The van der Waals surface area contributed by atoms with Crippen LogP contribution in [0.15, 0.2) is 24.3 Å². The van der Waals surface area contributed by atoms with Crippen molar-refractivity contribution in [2.45, 2.75) is 77.6 Å². The molecule has 0 spiro atoms. The van der Waals surface area contributed by atoms with E-state index < -0.39 is 0 Å². The summed E-state index contributed by atoms with van der Waals surface area (Å²) in [4.78, 5) is 0. The van der Waals surface area contributed by atoms with Gasteiger partial charge in [0.1, 0.15) is 0 Å². The number of aliphatic hydroxyl groups excluding tert-OH is 1. The first-order valence-electron chi connectivity index (χ1n) is 9.82. The Morgan fingerprint density at radius 3 is 2.08 bits per heavy atom. The van der Waals surface area contributed by atoms with Crippen molar-refractivity contribution in [3.05, 3.63) is 35.4 Å². The Hall–Kier alpha value is -0.910. The third kappa shape index (κ3) is 11.3. The van der Waals surface area contributed by atoms with E-state index in [2.05, 4.69) is 56.9 Å². The fourth-order valence-corrected chi connectivity index (χ4v) is 3.56. The third-order valence-corrected chi connectivity index (χ3v) is 5.43. The van der Waals surface area contributed by atoms with Gasteiger partial charge in [0.25, 0.3) is 0 Å². The molecule has 0 saturated heterocycles. The summed E-state index contributed by atoms with van der Waals surface area (Å²) in [6, 6.07) is 8.69. The zero-order chi connectivity index (χ0) is 18.4. The van der Waals surface area contributed by atoms with Crippen molar-refractivity contribution in [2.75, 3.05) is 18.1 Å². The molecule has 0 radical (unpaired) electrons. The first kappa shape index (κ1) is 22.1. The molecule has 1 aromatic carbocycles. The van der Waals surface area contributed by atoms with Gasteiger partial charge in [-0.2, -0.15) is 11.8 Å². The Bertz CT molecular complexity index is 502. The molecule has 2 heteroatoms. The SMILES string of the molecule is CC(C)(C)c1ccc(C#CCCCCCCCCSCCCO)cc1. The standard InChI is InChI=1S/C23H36OS/c1-23(2,3)22-16-14-21(15-17-22)13-10-8-6-4-5-7-9-11-19-25-20-12-18-24/h14-17,24H,4-9,11-12,18-20H2,1-3H3. The van der Waals surface area contributed by atoms with Crippen molar-refractivity contribution in [1.82, 2.24) is 0 Å². The number of rotatable bonds is 11. The second kappa shape index (κ2) is 13.3. The summed E-state index contributed by atoms with van der Waals surface area (Å²) >= 11 is 1.97. The molecule has 0 aromatic heterocycles. The number of hydrogen-bond acceptors (Lipinski definition) is 2. The molecule has 0 heterocycles. The van der Waals surface area contributed by atoms with Crippen molar-refractivity contribution < 1.29 is 5.11 Å². The molecule has 140 valence electrons. The van der Waals surface area contributed by atoms with E-state index in [0.29, 0.717) is 6.61 Å². The predicted molar refractivity (Wildman–Crippen MR) is 113 cm³/mol. The summed E-state index contributed by atoms with van der Waals surface area (Å²) < 4.78 is 0. The van der Waals surface area contributed by atoms with E-state index in [1.807, 2.05) is 11.8 Å². The number of aliphatic hydroxyl groups is 1. The number of unbranched alkanes of at least 4 members (excludes halogenated alkanes) is 6. The maximum Gasteiger partial charge on any atom is 0.0438 e. The van der Waals surface area contributed by atoms with Gasteiger partial charge in [-0.1, -0.05) is 70.4 Å². The van der Waals surface area contributed by atoms with Crippen LogP contribution in [0.2, 0.25) is 0 Å². The van der Waals surface area contributed by atoms with Crippen LogP contribution in [0, 0.1) is 11.8 Å². The molecule has 1 N–H and O–H groups in total. The van der Waals surface area contributed by atoms with E-state index in [1.165, 1.54) is 49.8 Å². The zero-order valence-electron chi connectivity index (χ0n) is 16.4. The molecule has 0 atom stereocenters. The van der Waals surface area contributed by atoms with Crippen molar-refractivity contribution in [3.63, 3.8) is 0 Å². The smallest absolute Gasteiger partial charge is 0.0438 e. The van der Waals surface area contributed by atoms with Gasteiger partial charge in [0.15, 0.2) is 0 Å². The molecule has 1 nitrogen and oxygen atoms in total. The van der Waals surface area contributed by atoms with Gasteiger partial charge < -0.3 is 5.11 Å². The van der Waals surface area contributed by atoms with Crippen molar-refractivity contribution in [1.29, 1.82) is 0 Å². The topological polar surface area (TPSA) is 20.2 Å². The highest BCUT2D eigenvalue weighted by Crippen LogP contribution is 2.21.